The van der Waals surface area contributed by atoms with Gasteiger partial charge in [-0.25, -0.2) is 0 Å². The van der Waals surface area contributed by atoms with Crippen LogP contribution in [-0.4, -0.2) is 39.0 Å². The van der Waals surface area contributed by atoms with E-state index in [1.165, 1.54) is 0 Å². The van der Waals surface area contributed by atoms with Crippen LogP contribution in [-0.2, 0) is 9.59 Å². The van der Waals surface area contributed by atoms with Crippen molar-refractivity contribution in [2.45, 2.75) is 31.0 Å². The molecule has 0 aliphatic rings. The van der Waals surface area contributed by atoms with Crippen LogP contribution in [0.5, 0.6) is 0 Å². The third kappa shape index (κ3) is 4.75. The van der Waals surface area contributed by atoms with Gasteiger partial charge in [0.15, 0.2) is 0 Å². The molecule has 0 aromatic heterocycles. The molecule has 0 radical (unpaired) electrons. The molecule has 7 N–H and O–H groups in total. The molecule has 0 rings (SSSR count). The van der Waals surface area contributed by atoms with Gasteiger partial charge in [0.05, 0.1) is 6.42 Å². The zero-order valence-electron chi connectivity index (χ0n) is 7.51. The summed E-state index contributed by atoms with van der Waals surface area (Å²) < 4.78 is 0. The monoisotopic (exact) mass is 206 g/mol. The Bertz CT molecular complexity index is 228. The van der Waals surface area contributed by atoms with Crippen LogP contribution in [0.25, 0.3) is 0 Å². The minimum Gasteiger partial charge on any atom is -0.481 e. The summed E-state index contributed by atoms with van der Waals surface area (Å²) in [6.45, 7) is 0. The zero-order chi connectivity index (χ0) is 11.4. The zero-order valence-corrected chi connectivity index (χ0v) is 7.51. The van der Waals surface area contributed by atoms with Gasteiger partial charge < -0.3 is 26.8 Å². The first-order chi connectivity index (χ1) is 6.25. The SMILES string of the molecule is NC(CCC(=O)O)C(N)(O)CC(=O)O. The van der Waals surface area contributed by atoms with Crippen molar-refractivity contribution in [3.63, 3.8) is 0 Å². The summed E-state index contributed by atoms with van der Waals surface area (Å²) in [6.07, 6.45) is -1.05. The number of carboxylic acids is 2. The molecule has 7 heteroatoms. The van der Waals surface area contributed by atoms with Crippen molar-refractivity contribution < 1.29 is 24.9 Å². The van der Waals surface area contributed by atoms with Crippen molar-refractivity contribution >= 4 is 11.9 Å². The first-order valence-corrected chi connectivity index (χ1v) is 3.96. The number of aliphatic carboxylic acids is 2. The van der Waals surface area contributed by atoms with Gasteiger partial charge in [0.2, 0.25) is 0 Å². The normalized spacial score (nSPS) is 17.1. The molecule has 0 bridgehead atoms. The van der Waals surface area contributed by atoms with Gasteiger partial charge in [0, 0.05) is 12.5 Å². The Morgan fingerprint density at radius 2 is 1.79 bits per heavy atom. The number of carboxylic acid groups (broad SMARTS) is 2. The maximum absolute atomic E-state index is 10.2. The summed E-state index contributed by atoms with van der Waals surface area (Å²) in [5, 5.41) is 26.0. The van der Waals surface area contributed by atoms with E-state index in [1.807, 2.05) is 0 Å². The van der Waals surface area contributed by atoms with Crippen LogP contribution < -0.4 is 11.5 Å². The van der Waals surface area contributed by atoms with Gasteiger partial charge >= 0.3 is 11.9 Å². The van der Waals surface area contributed by atoms with Gasteiger partial charge in [-0.1, -0.05) is 0 Å². The summed E-state index contributed by atoms with van der Waals surface area (Å²) in [7, 11) is 0. The highest BCUT2D eigenvalue weighted by molar-refractivity contribution is 5.68. The molecule has 14 heavy (non-hydrogen) atoms. The fourth-order valence-electron chi connectivity index (χ4n) is 0.902. The number of hydrogen-bond acceptors (Lipinski definition) is 5. The van der Waals surface area contributed by atoms with E-state index in [0.29, 0.717) is 0 Å². The number of hydrogen-bond donors (Lipinski definition) is 5. The highest BCUT2D eigenvalue weighted by Gasteiger charge is 2.32. The van der Waals surface area contributed by atoms with Crippen LogP contribution in [0.4, 0.5) is 0 Å². The molecule has 0 saturated carbocycles. The van der Waals surface area contributed by atoms with Gasteiger partial charge in [-0.15, -0.1) is 0 Å². The predicted octanol–water partition coefficient (Wildman–Crippen LogP) is -1.70. The van der Waals surface area contributed by atoms with E-state index in [4.69, 9.17) is 21.7 Å². The fraction of sp³-hybridized carbons (Fsp3) is 0.714. The van der Waals surface area contributed by atoms with Crippen LogP contribution in [0, 0.1) is 0 Å². The lowest BCUT2D eigenvalue weighted by Gasteiger charge is -2.27. The Labute approximate surface area is 80.3 Å². The highest BCUT2D eigenvalue weighted by Crippen LogP contribution is 2.11. The van der Waals surface area contributed by atoms with Gasteiger partial charge in [0.25, 0.3) is 0 Å². The molecule has 0 aliphatic carbocycles. The largest absolute Gasteiger partial charge is 0.481 e. The Morgan fingerprint density at radius 1 is 1.29 bits per heavy atom. The van der Waals surface area contributed by atoms with Crippen LogP contribution >= 0.6 is 0 Å². The van der Waals surface area contributed by atoms with Gasteiger partial charge in [-0.2, -0.15) is 0 Å². The Balaban J connectivity index is 4.13. The summed E-state index contributed by atoms with van der Waals surface area (Å²) in [5.41, 5.74) is 8.48. The second-order valence-electron chi connectivity index (χ2n) is 3.10. The number of carbonyl (C=O) groups is 2. The predicted molar refractivity (Wildman–Crippen MR) is 46.2 cm³/mol. The van der Waals surface area contributed by atoms with E-state index in [0.717, 1.165) is 0 Å². The van der Waals surface area contributed by atoms with Gasteiger partial charge in [0.1, 0.15) is 5.72 Å². The maximum Gasteiger partial charge on any atom is 0.307 e. The van der Waals surface area contributed by atoms with Crippen LogP contribution in [0.3, 0.4) is 0 Å². The van der Waals surface area contributed by atoms with E-state index in [2.05, 4.69) is 0 Å². The molecule has 0 saturated heterocycles. The molecule has 0 fully saturated rings. The summed E-state index contributed by atoms with van der Waals surface area (Å²) in [5.74, 6) is -2.37. The number of aliphatic hydroxyl groups is 1. The molecule has 0 spiro atoms. The third-order valence-electron chi connectivity index (χ3n) is 1.75. The quantitative estimate of drug-likeness (QED) is 0.325. The summed E-state index contributed by atoms with van der Waals surface area (Å²) >= 11 is 0. The van der Waals surface area contributed by atoms with Crippen LogP contribution in [0.15, 0.2) is 0 Å². The molecule has 0 aromatic carbocycles. The Kier molecular flexibility index (Phi) is 4.48. The Morgan fingerprint density at radius 3 is 2.14 bits per heavy atom. The smallest absolute Gasteiger partial charge is 0.307 e. The first-order valence-electron chi connectivity index (χ1n) is 3.96. The molecule has 2 atom stereocenters. The molecular formula is C7H14N2O5. The van der Waals surface area contributed by atoms with Crippen molar-refractivity contribution in [1.29, 1.82) is 0 Å². The van der Waals surface area contributed by atoms with E-state index in [-0.39, 0.29) is 12.8 Å². The topological polar surface area (TPSA) is 147 Å². The standard InChI is InChI=1S/C7H14N2O5/c8-4(1-2-5(10)11)7(9,14)3-6(12)13/h4,14H,1-3,8-9H2,(H,10,11)(H,12,13). The number of rotatable bonds is 6. The summed E-state index contributed by atoms with van der Waals surface area (Å²) in [4.78, 5) is 20.4. The minimum absolute atomic E-state index is 0.0738. The minimum atomic E-state index is -2.07. The Hall–Kier alpha value is -1.18. The molecule has 7 nitrogen and oxygen atoms in total. The van der Waals surface area contributed by atoms with E-state index in [1.54, 1.807) is 0 Å². The lowest BCUT2D eigenvalue weighted by Crippen LogP contribution is -2.56. The summed E-state index contributed by atoms with van der Waals surface area (Å²) in [6, 6.07) is -1.07. The van der Waals surface area contributed by atoms with Crippen molar-refractivity contribution in [2.75, 3.05) is 0 Å². The highest BCUT2D eigenvalue weighted by atomic mass is 16.4. The second-order valence-corrected chi connectivity index (χ2v) is 3.10. The molecule has 82 valence electrons. The molecule has 0 amide bonds. The first kappa shape index (κ1) is 12.8. The van der Waals surface area contributed by atoms with Gasteiger partial charge in [-0.3, -0.25) is 9.59 Å². The lowest BCUT2D eigenvalue weighted by atomic mass is 9.97. The molecule has 0 aromatic rings. The van der Waals surface area contributed by atoms with E-state index < -0.39 is 30.1 Å². The average Bonchev–Trinajstić information content (AvgIpc) is 1.97. The number of nitrogens with two attached hydrogens (primary N) is 2. The van der Waals surface area contributed by atoms with Gasteiger partial charge in [-0.05, 0) is 6.42 Å². The lowest BCUT2D eigenvalue weighted by molar-refractivity contribution is -0.143. The van der Waals surface area contributed by atoms with E-state index in [9.17, 15) is 14.7 Å². The van der Waals surface area contributed by atoms with Crippen LogP contribution in [0.2, 0.25) is 0 Å². The van der Waals surface area contributed by atoms with Crippen molar-refractivity contribution in [2.24, 2.45) is 11.5 Å². The van der Waals surface area contributed by atoms with Crippen molar-refractivity contribution in [3.05, 3.63) is 0 Å². The van der Waals surface area contributed by atoms with E-state index >= 15 is 0 Å². The maximum atomic E-state index is 10.2. The van der Waals surface area contributed by atoms with Crippen LogP contribution in [0.1, 0.15) is 19.3 Å². The second kappa shape index (κ2) is 4.89. The fourth-order valence-corrected chi connectivity index (χ4v) is 0.902. The molecular weight excluding hydrogens is 192 g/mol. The average molecular weight is 206 g/mol. The molecule has 0 heterocycles. The third-order valence-corrected chi connectivity index (χ3v) is 1.75. The van der Waals surface area contributed by atoms with Crippen molar-refractivity contribution in [1.82, 2.24) is 0 Å². The molecule has 2 unspecified atom stereocenters. The van der Waals surface area contributed by atoms with Crippen molar-refractivity contribution in [3.8, 4) is 0 Å². The molecule has 0 aliphatic heterocycles.